The molecule has 238 valence electrons. The van der Waals surface area contributed by atoms with E-state index in [9.17, 15) is 39.0 Å². The van der Waals surface area contributed by atoms with Crippen molar-refractivity contribution in [2.75, 3.05) is 6.61 Å². The van der Waals surface area contributed by atoms with Crippen LogP contribution in [0.4, 0.5) is 0 Å². The maximum absolute atomic E-state index is 14.4. The number of carbonyl (C=O) groups excluding carboxylic acids is 6. The number of esters is 1. The first-order chi connectivity index (χ1) is 21.0. The van der Waals surface area contributed by atoms with E-state index in [-0.39, 0.29) is 36.5 Å². The van der Waals surface area contributed by atoms with Gasteiger partial charge in [-0.15, -0.1) is 0 Å². The number of carbonyl (C=O) groups is 6. The lowest BCUT2D eigenvalue weighted by molar-refractivity contribution is -0.205. The Hall–Kier alpha value is -3.98. The molecule has 5 rings (SSSR count). The number of fused-ring (bicyclic) bond motifs is 3. The summed E-state index contributed by atoms with van der Waals surface area (Å²) in [5.74, 6) is -9.58. The van der Waals surface area contributed by atoms with Gasteiger partial charge in [-0.1, -0.05) is 65.0 Å². The molecule has 0 aromatic heterocycles. The predicted molar refractivity (Wildman–Crippen MR) is 163 cm³/mol. The van der Waals surface area contributed by atoms with Crippen LogP contribution in [-0.4, -0.2) is 57.3 Å². The molecule has 9 heteroatoms. The van der Waals surface area contributed by atoms with E-state index < -0.39 is 69.0 Å². The minimum Gasteiger partial charge on any atom is -0.507 e. The van der Waals surface area contributed by atoms with E-state index >= 15 is 0 Å². The van der Waals surface area contributed by atoms with Crippen LogP contribution >= 0.6 is 0 Å². The highest BCUT2D eigenvalue weighted by molar-refractivity contribution is 6.32. The lowest BCUT2D eigenvalue weighted by Gasteiger charge is -2.61. The fraction of sp³-hybridized carbons (Fsp3) is 0.500. The molecule has 3 aliphatic carbocycles. The van der Waals surface area contributed by atoms with Crippen molar-refractivity contribution in [3.05, 3.63) is 53.1 Å². The molecule has 3 unspecified atom stereocenters. The van der Waals surface area contributed by atoms with Gasteiger partial charge in [-0.3, -0.25) is 28.8 Å². The second kappa shape index (κ2) is 11.1. The Morgan fingerprint density at radius 2 is 1.64 bits per heavy atom. The summed E-state index contributed by atoms with van der Waals surface area (Å²) in [5, 5.41) is 23.1. The van der Waals surface area contributed by atoms with E-state index in [0.29, 0.717) is 17.7 Å². The summed E-state index contributed by atoms with van der Waals surface area (Å²) >= 11 is 0. The fourth-order valence-electron chi connectivity index (χ4n) is 8.64. The number of hydrogen-bond acceptors (Lipinski definition) is 9. The molecule has 0 saturated heterocycles. The third-order valence-corrected chi connectivity index (χ3v) is 10.3. The van der Waals surface area contributed by atoms with Crippen molar-refractivity contribution < 1.29 is 43.7 Å². The average Bonchev–Trinajstić information content (AvgIpc) is 2.94. The minimum atomic E-state index is -2.73. The first kappa shape index (κ1) is 32.4. The summed E-state index contributed by atoms with van der Waals surface area (Å²) in [7, 11) is 0. The van der Waals surface area contributed by atoms with Crippen LogP contribution < -0.4 is 0 Å². The number of aromatic hydroxyl groups is 1. The summed E-state index contributed by atoms with van der Waals surface area (Å²) in [5.41, 5.74) is -2.83. The monoisotopic (exact) mass is 616 g/mol. The lowest BCUT2D eigenvalue weighted by atomic mass is 9.40. The Morgan fingerprint density at radius 1 is 1.00 bits per heavy atom. The second-order valence-electron chi connectivity index (χ2n) is 13.9. The van der Waals surface area contributed by atoms with Crippen molar-refractivity contribution in [1.82, 2.24) is 0 Å². The van der Waals surface area contributed by atoms with Crippen LogP contribution in [0.1, 0.15) is 75.9 Å². The molecule has 0 amide bonds. The van der Waals surface area contributed by atoms with Gasteiger partial charge in [0, 0.05) is 11.3 Å². The SMILES string of the molecule is CCCOC(=O)Cc1ccc(-c2ccc(O)c3c2C[C@]2(C)C[C@]4(C)C(C(C)C)C(=O)C(C(C)=O)C(=O)[C@]4(O)C(=O)C2C3=O)cc1. The molecule has 45 heavy (non-hydrogen) atoms. The Labute approximate surface area is 262 Å². The molecule has 0 bridgehead atoms. The molecule has 6 atom stereocenters. The number of rotatable bonds is 7. The molecule has 2 aromatic carbocycles. The second-order valence-corrected chi connectivity index (χ2v) is 13.9. The molecule has 0 aliphatic heterocycles. The zero-order valence-corrected chi connectivity index (χ0v) is 26.6. The fourth-order valence-corrected chi connectivity index (χ4v) is 8.64. The standard InChI is InChI=1S/C36H40O9/c1-7-14-45-25(39)15-20-8-10-21(11-9-20)22-12-13-24(38)27-23(22)16-34(5)17-35(6)28(18(2)3)30(40)26(19(4)37)32(42)36(35,44)33(43)29(34)31(27)41/h8-13,18,26,28-29,38,44H,7,14-17H2,1-6H3/t26?,28?,29?,34-,35-,36+/m1/s1. The van der Waals surface area contributed by atoms with Gasteiger partial charge in [0.05, 0.1) is 24.5 Å². The highest BCUT2D eigenvalue weighted by atomic mass is 16.5. The maximum atomic E-state index is 14.4. The highest BCUT2D eigenvalue weighted by Gasteiger charge is 2.76. The highest BCUT2D eigenvalue weighted by Crippen LogP contribution is 2.64. The third kappa shape index (κ3) is 4.69. The summed E-state index contributed by atoms with van der Waals surface area (Å²) in [6, 6.07) is 10.3. The number of ketones is 5. The van der Waals surface area contributed by atoms with Crippen LogP contribution in [0, 0.1) is 34.5 Å². The molecule has 2 N–H and O–H groups in total. The molecular weight excluding hydrogens is 576 g/mol. The van der Waals surface area contributed by atoms with Crippen molar-refractivity contribution in [2.24, 2.45) is 34.5 Å². The topological polar surface area (TPSA) is 152 Å². The summed E-state index contributed by atoms with van der Waals surface area (Å²) < 4.78 is 5.18. The molecule has 3 aliphatic rings. The molecule has 9 nitrogen and oxygen atoms in total. The number of hydrogen-bond donors (Lipinski definition) is 2. The lowest BCUT2D eigenvalue weighted by Crippen LogP contribution is -2.76. The Kier molecular flexibility index (Phi) is 8.01. The van der Waals surface area contributed by atoms with Crippen LogP contribution in [0.15, 0.2) is 36.4 Å². The number of aliphatic hydroxyl groups is 1. The number of Topliss-reactive ketones (excluding diaryl/α,β-unsaturated/α-hetero) is 5. The van der Waals surface area contributed by atoms with Crippen molar-refractivity contribution >= 4 is 34.9 Å². The van der Waals surface area contributed by atoms with E-state index in [1.807, 2.05) is 19.1 Å². The Bertz CT molecular complexity index is 1640. The van der Waals surface area contributed by atoms with Crippen molar-refractivity contribution in [3.8, 4) is 16.9 Å². The van der Waals surface area contributed by atoms with Crippen LogP contribution in [0.5, 0.6) is 5.75 Å². The third-order valence-electron chi connectivity index (χ3n) is 10.3. The largest absolute Gasteiger partial charge is 0.507 e. The molecule has 0 radical (unpaired) electrons. The summed E-state index contributed by atoms with van der Waals surface area (Å²) in [4.78, 5) is 80.8. The van der Waals surface area contributed by atoms with Gasteiger partial charge in [0.25, 0.3) is 0 Å². The van der Waals surface area contributed by atoms with E-state index in [4.69, 9.17) is 4.74 Å². The Balaban J connectivity index is 1.61. The van der Waals surface area contributed by atoms with E-state index in [0.717, 1.165) is 24.5 Å². The average molecular weight is 617 g/mol. The molecule has 0 heterocycles. The zero-order valence-electron chi connectivity index (χ0n) is 26.6. The number of ether oxygens (including phenoxy) is 1. The van der Waals surface area contributed by atoms with Gasteiger partial charge in [-0.25, -0.2) is 0 Å². The number of benzene rings is 2. The van der Waals surface area contributed by atoms with Gasteiger partial charge in [-0.05, 0) is 65.8 Å². The van der Waals surface area contributed by atoms with Crippen LogP contribution in [-0.2, 0) is 41.6 Å². The summed E-state index contributed by atoms with van der Waals surface area (Å²) in [6.07, 6.45) is 0.961. The first-order valence-corrected chi connectivity index (χ1v) is 15.5. The Morgan fingerprint density at radius 3 is 2.22 bits per heavy atom. The zero-order chi connectivity index (χ0) is 33.2. The number of phenolic OH excluding ortho intramolecular Hbond substituents is 1. The molecule has 2 fully saturated rings. The van der Waals surface area contributed by atoms with E-state index in [1.54, 1.807) is 45.9 Å². The van der Waals surface area contributed by atoms with Crippen LogP contribution in [0.3, 0.4) is 0 Å². The predicted octanol–water partition coefficient (Wildman–Crippen LogP) is 4.26. The molecule has 0 spiro atoms. The van der Waals surface area contributed by atoms with Gasteiger partial charge < -0.3 is 14.9 Å². The molecule has 2 aromatic rings. The van der Waals surface area contributed by atoms with Crippen LogP contribution in [0.2, 0.25) is 0 Å². The van der Waals surface area contributed by atoms with Gasteiger partial charge in [0.2, 0.25) is 0 Å². The van der Waals surface area contributed by atoms with Gasteiger partial charge in [0.15, 0.2) is 28.7 Å². The van der Waals surface area contributed by atoms with Crippen molar-refractivity contribution in [2.45, 2.75) is 72.8 Å². The first-order valence-electron chi connectivity index (χ1n) is 15.5. The van der Waals surface area contributed by atoms with Gasteiger partial charge >= 0.3 is 5.97 Å². The normalized spacial score (nSPS) is 30.9. The van der Waals surface area contributed by atoms with Crippen molar-refractivity contribution in [3.63, 3.8) is 0 Å². The molecular formula is C36H40O9. The van der Waals surface area contributed by atoms with E-state index in [2.05, 4.69) is 0 Å². The minimum absolute atomic E-state index is 0.0169. The quantitative estimate of drug-likeness (QED) is 0.343. The van der Waals surface area contributed by atoms with E-state index in [1.165, 1.54) is 6.07 Å². The maximum Gasteiger partial charge on any atom is 0.310 e. The van der Waals surface area contributed by atoms with Gasteiger partial charge in [0.1, 0.15) is 17.5 Å². The molecule has 2 saturated carbocycles. The van der Waals surface area contributed by atoms with Gasteiger partial charge in [-0.2, -0.15) is 0 Å². The smallest absolute Gasteiger partial charge is 0.310 e. The van der Waals surface area contributed by atoms with Crippen molar-refractivity contribution in [1.29, 1.82) is 0 Å². The number of phenols is 1. The van der Waals surface area contributed by atoms with Crippen LogP contribution in [0.25, 0.3) is 11.1 Å². The summed E-state index contributed by atoms with van der Waals surface area (Å²) in [6.45, 7) is 10.2.